The lowest BCUT2D eigenvalue weighted by molar-refractivity contribution is 0.665. The predicted octanol–water partition coefficient (Wildman–Crippen LogP) is 2.83. The number of anilines is 1. The fraction of sp³-hybridized carbons (Fsp3) is 0.200. The van der Waals surface area contributed by atoms with Crippen LogP contribution in [-0.4, -0.2) is 21.8 Å². The normalized spacial score (nSPS) is 10.8. The summed E-state index contributed by atoms with van der Waals surface area (Å²) in [6.45, 7) is 2.79. The average molecular weight is 252 g/mol. The minimum Gasteiger partial charge on any atom is -0.373 e. The van der Waals surface area contributed by atoms with Gasteiger partial charge in [0.1, 0.15) is 5.82 Å². The van der Waals surface area contributed by atoms with Crippen LogP contribution in [0.15, 0.2) is 42.6 Å². The first-order valence-electron chi connectivity index (χ1n) is 6.33. The van der Waals surface area contributed by atoms with Crippen LogP contribution in [0.4, 0.5) is 5.82 Å². The minimum absolute atomic E-state index is 0.729. The number of nitrogens with one attached hydrogen (secondary N) is 1. The molecule has 0 saturated heterocycles. The van der Waals surface area contributed by atoms with Crippen LogP contribution in [-0.2, 0) is 6.54 Å². The Bertz CT molecular complexity index is 715. The van der Waals surface area contributed by atoms with E-state index >= 15 is 0 Å². The Hall–Kier alpha value is -2.36. The van der Waals surface area contributed by atoms with Gasteiger partial charge in [-0.3, -0.25) is 4.68 Å². The molecule has 0 aliphatic carbocycles. The zero-order valence-corrected chi connectivity index (χ0v) is 11.1. The van der Waals surface area contributed by atoms with E-state index in [1.54, 1.807) is 0 Å². The predicted molar refractivity (Wildman–Crippen MR) is 77.4 cm³/mol. The van der Waals surface area contributed by atoms with Crippen molar-refractivity contribution in [2.75, 3.05) is 12.4 Å². The molecule has 0 bridgehead atoms. The Balaban J connectivity index is 2.09. The Labute approximate surface area is 112 Å². The first-order valence-corrected chi connectivity index (χ1v) is 6.33. The van der Waals surface area contributed by atoms with Crippen LogP contribution >= 0.6 is 0 Å². The molecule has 2 heterocycles. The number of rotatable bonds is 3. The van der Waals surface area contributed by atoms with E-state index in [9.17, 15) is 0 Å². The number of hydrogen-bond acceptors (Lipinski definition) is 3. The van der Waals surface area contributed by atoms with Gasteiger partial charge in [-0.1, -0.05) is 18.2 Å². The number of aryl methyl sites for hydroxylation is 1. The molecule has 3 rings (SSSR count). The number of hydrogen-bond donors (Lipinski definition) is 1. The van der Waals surface area contributed by atoms with Gasteiger partial charge in [-0.2, -0.15) is 5.10 Å². The maximum atomic E-state index is 4.65. The summed E-state index contributed by atoms with van der Waals surface area (Å²) in [4.78, 5) is 4.65. The van der Waals surface area contributed by atoms with Gasteiger partial charge in [0.25, 0.3) is 0 Å². The fourth-order valence-electron chi connectivity index (χ4n) is 2.22. The van der Waals surface area contributed by atoms with Crippen molar-refractivity contribution in [3.8, 4) is 0 Å². The molecule has 0 fully saturated rings. The molecule has 0 unspecified atom stereocenters. The average Bonchev–Trinajstić information content (AvgIpc) is 2.83. The van der Waals surface area contributed by atoms with Gasteiger partial charge in [0.2, 0.25) is 0 Å². The summed E-state index contributed by atoms with van der Waals surface area (Å²) in [6, 6.07) is 12.3. The largest absolute Gasteiger partial charge is 0.373 e. The fourth-order valence-corrected chi connectivity index (χ4v) is 2.22. The van der Waals surface area contributed by atoms with Crippen molar-refractivity contribution >= 4 is 16.7 Å². The molecule has 1 aromatic carbocycles. The van der Waals surface area contributed by atoms with E-state index in [0.717, 1.165) is 34.5 Å². The van der Waals surface area contributed by atoms with Crippen molar-refractivity contribution in [1.82, 2.24) is 14.8 Å². The smallest absolute Gasteiger partial charge is 0.131 e. The van der Waals surface area contributed by atoms with Gasteiger partial charge >= 0.3 is 0 Å². The molecular weight excluding hydrogens is 236 g/mol. The Morgan fingerprint density at radius 3 is 2.79 bits per heavy atom. The quantitative estimate of drug-likeness (QED) is 0.779. The summed E-state index contributed by atoms with van der Waals surface area (Å²) in [6.07, 6.45) is 1.82. The highest BCUT2D eigenvalue weighted by molar-refractivity contribution is 5.81. The zero-order chi connectivity index (χ0) is 13.2. The van der Waals surface area contributed by atoms with Crippen molar-refractivity contribution in [3.63, 3.8) is 0 Å². The van der Waals surface area contributed by atoms with Gasteiger partial charge in [-0.25, -0.2) is 4.98 Å². The lowest BCUT2D eigenvalue weighted by atomic mass is 10.1. The number of pyridine rings is 1. The molecule has 2 aromatic heterocycles. The lowest BCUT2D eigenvalue weighted by Crippen LogP contribution is -2.07. The zero-order valence-electron chi connectivity index (χ0n) is 11.1. The second-order valence-electron chi connectivity index (χ2n) is 4.57. The third-order valence-electron chi connectivity index (χ3n) is 3.29. The van der Waals surface area contributed by atoms with Crippen molar-refractivity contribution < 1.29 is 0 Å². The van der Waals surface area contributed by atoms with Crippen LogP contribution in [0.25, 0.3) is 10.9 Å². The van der Waals surface area contributed by atoms with Gasteiger partial charge in [0.05, 0.1) is 12.1 Å². The summed E-state index contributed by atoms with van der Waals surface area (Å²) >= 11 is 0. The summed E-state index contributed by atoms with van der Waals surface area (Å²) in [7, 11) is 1.90. The van der Waals surface area contributed by atoms with E-state index in [0.29, 0.717) is 0 Å². The molecule has 96 valence electrons. The van der Waals surface area contributed by atoms with Crippen molar-refractivity contribution in [2.24, 2.45) is 0 Å². The number of nitrogens with zero attached hydrogens (tertiary/aromatic N) is 3. The molecule has 0 saturated carbocycles. The molecule has 3 aromatic rings. The van der Waals surface area contributed by atoms with Crippen molar-refractivity contribution in [1.29, 1.82) is 0 Å². The molecule has 19 heavy (non-hydrogen) atoms. The Morgan fingerprint density at radius 2 is 2.05 bits per heavy atom. The van der Waals surface area contributed by atoms with Gasteiger partial charge < -0.3 is 5.32 Å². The summed E-state index contributed by atoms with van der Waals surface area (Å²) in [5.41, 5.74) is 3.30. The summed E-state index contributed by atoms with van der Waals surface area (Å²) in [5, 5.41) is 8.65. The SMILES string of the molecule is CNc1nc2ccccc2cc1Cn1nccc1C. The molecular formula is C15H16N4. The molecule has 0 spiro atoms. The van der Waals surface area contributed by atoms with E-state index in [-0.39, 0.29) is 0 Å². The molecule has 0 radical (unpaired) electrons. The van der Waals surface area contributed by atoms with Crippen LogP contribution in [0.1, 0.15) is 11.3 Å². The number of fused-ring (bicyclic) bond motifs is 1. The monoisotopic (exact) mass is 252 g/mol. The van der Waals surface area contributed by atoms with E-state index < -0.39 is 0 Å². The van der Waals surface area contributed by atoms with E-state index in [1.165, 1.54) is 0 Å². The van der Waals surface area contributed by atoms with E-state index in [4.69, 9.17) is 0 Å². The van der Waals surface area contributed by atoms with Gasteiger partial charge in [0, 0.05) is 29.9 Å². The molecule has 0 atom stereocenters. The number of benzene rings is 1. The number of para-hydroxylation sites is 1. The van der Waals surface area contributed by atoms with E-state index in [1.807, 2.05) is 42.2 Å². The topological polar surface area (TPSA) is 42.7 Å². The second kappa shape index (κ2) is 4.72. The van der Waals surface area contributed by atoms with Crippen LogP contribution in [0.5, 0.6) is 0 Å². The number of aromatic nitrogens is 3. The third-order valence-corrected chi connectivity index (χ3v) is 3.29. The van der Waals surface area contributed by atoms with Crippen molar-refractivity contribution in [3.05, 3.63) is 53.9 Å². The lowest BCUT2D eigenvalue weighted by Gasteiger charge is -2.11. The molecule has 1 N–H and O–H groups in total. The Morgan fingerprint density at radius 1 is 1.21 bits per heavy atom. The maximum absolute atomic E-state index is 4.65. The molecule has 0 aliphatic rings. The second-order valence-corrected chi connectivity index (χ2v) is 4.57. The van der Waals surface area contributed by atoms with Crippen LogP contribution in [0.3, 0.4) is 0 Å². The standard InChI is InChI=1S/C15H16N4/c1-11-7-8-17-19(11)10-13-9-12-5-3-4-6-14(12)18-15(13)16-2/h3-9H,10H2,1-2H3,(H,16,18). The summed E-state index contributed by atoms with van der Waals surface area (Å²) < 4.78 is 1.98. The highest BCUT2D eigenvalue weighted by Crippen LogP contribution is 2.21. The highest BCUT2D eigenvalue weighted by atomic mass is 15.3. The third kappa shape index (κ3) is 2.17. The van der Waals surface area contributed by atoms with Gasteiger partial charge in [-0.05, 0) is 25.1 Å². The first kappa shape index (κ1) is 11.7. The molecule has 0 amide bonds. The first-order chi connectivity index (χ1) is 9.28. The molecule has 4 nitrogen and oxygen atoms in total. The summed E-state index contributed by atoms with van der Waals surface area (Å²) in [5.74, 6) is 0.911. The van der Waals surface area contributed by atoms with Crippen LogP contribution in [0, 0.1) is 6.92 Å². The molecule has 0 aliphatic heterocycles. The highest BCUT2D eigenvalue weighted by Gasteiger charge is 2.07. The minimum atomic E-state index is 0.729. The molecule has 4 heteroatoms. The van der Waals surface area contributed by atoms with Crippen molar-refractivity contribution in [2.45, 2.75) is 13.5 Å². The Kier molecular flexibility index (Phi) is 2.91. The van der Waals surface area contributed by atoms with Gasteiger partial charge in [0.15, 0.2) is 0 Å². The maximum Gasteiger partial charge on any atom is 0.131 e. The van der Waals surface area contributed by atoms with Crippen LogP contribution < -0.4 is 5.32 Å². The van der Waals surface area contributed by atoms with Crippen LogP contribution in [0.2, 0.25) is 0 Å². The van der Waals surface area contributed by atoms with E-state index in [2.05, 4.69) is 34.5 Å². The van der Waals surface area contributed by atoms with Gasteiger partial charge in [-0.15, -0.1) is 0 Å².